The molecule has 0 aromatic heterocycles. The highest BCUT2D eigenvalue weighted by atomic mass is 35.5. The maximum absolute atomic E-state index is 12.3. The Labute approximate surface area is 231 Å². The van der Waals surface area contributed by atoms with Crippen LogP contribution in [0.25, 0.3) is 0 Å². The largest absolute Gasteiger partial charge is 0.459 e. The molecule has 0 radical (unpaired) electrons. The predicted octanol–water partition coefficient (Wildman–Crippen LogP) is 3.17. The lowest BCUT2D eigenvalue weighted by atomic mass is 9.84. The fourth-order valence-electron chi connectivity index (χ4n) is 4.84. The van der Waals surface area contributed by atoms with Crippen molar-refractivity contribution >= 4 is 23.5 Å². The van der Waals surface area contributed by atoms with Crippen LogP contribution in [0.2, 0.25) is 0 Å². The lowest BCUT2D eigenvalue weighted by Gasteiger charge is -2.47. The average molecular weight is 558 g/mol. The fourth-order valence-corrected chi connectivity index (χ4v) is 5.09. The second-order valence-electron chi connectivity index (χ2n) is 10.7. The maximum atomic E-state index is 12.3. The Morgan fingerprint density at radius 2 is 1.95 bits per heavy atom. The molecule has 38 heavy (non-hydrogen) atoms. The van der Waals surface area contributed by atoms with Gasteiger partial charge in [0.2, 0.25) is 5.91 Å². The van der Waals surface area contributed by atoms with Gasteiger partial charge in [-0.2, -0.15) is 0 Å². The monoisotopic (exact) mass is 557 g/mol. The highest BCUT2D eigenvalue weighted by molar-refractivity contribution is 6.18. The molecule has 0 aromatic carbocycles. The average Bonchev–Trinajstić information content (AvgIpc) is 2.85. The number of hydrogen-bond donors (Lipinski definition) is 3. The maximum Gasteiger partial charge on any atom is 0.303 e. The van der Waals surface area contributed by atoms with Crippen molar-refractivity contribution in [1.82, 2.24) is 5.32 Å². The Kier molecular flexibility index (Phi) is 12.0. The van der Waals surface area contributed by atoms with Crippen molar-refractivity contribution in [1.29, 1.82) is 0 Å². The number of esters is 1. The molecule has 0 spiro atoms. The molecule has 0 aromatic rings. The lowest BCUT2D eigenvalue weighted by Crippen LogP contribution is -2.62. The fraction of sp³-hybridized carbons (Fsp3) is 0.714. The summed E-state index contributed by atoms with van der Waals surface area (Å²) in [5.74, 6) is -1.66. The Balaban J connectivity index is 1.93. The van der Waals surface area contributed by atoms with Gasteiger partial charge in [0.05, 0.1) is 24.1 Å². The smallest absolute Gasteiger partial charge is 0.303 e. The van der Waals surface area contributed by atoms with Crippen molar-refractivity contribution < 1.29 is 38.7 Å². The van der Waals surface area contributed by atoms with Crippen molar-refractivity contribution in [3.8, 4) is 0 Å². The zero-order chi connectivity index (χ0) is 28.7. The number of carbonyl (C=O) groups is 2. The first kappa shape index (κ1) is 32.5. The highest BCUT2D eigenvalue weighted by Gasteiger charge is 2.52. The number of ether oxygens (including phenoxy) is 4. The van der Waals surface area contributed by atoms with Gasteiger partial charge in [-0.1, -0.05) is 30.7 Å². The molecule has 9 nitrogen and oxygen atoms in total. The quantitative estimate of drug-likeness (QED) is 0.162. The Morgan fingerprint density at radius 3 is 2.55 bits per heavy atom. The van der Waals surface area contributed by atoms with Gasteiger partial charge in [0.25, 0.3) is 0 Å². The second-order valence-corrected chi connectivity index (χ2v) is 11.0. The van der Waals surface area contributed by atoms with E-state index in [-0.39, 0.29) is 42.4 Å². The molecule has 2 fully saturated rings. The van der Waals surface area contributed by atoms with E-state index in [2.05, 4.69) is 18.3 Å². The molecule has 2 aliphatic rings. The van der Waals surface area contributed by atoms with Gasteiger partial charge in [-0.25, -0.2) is 0 Å². The van der Waals surface area contributed by atoms with Crippen LogP contribution in [0.5, 0.6) is 0 Å². The van der Waals surface area contributed by atoms with E-state index in [4.69, 9.17) is 30.5 Å². The second kappa shape index (κ2) is 14.1. The molecule has 9 unspecified atom stereocenters. The molecule has 3 N–H and O–H groups in total. The highest BCUT2D eigenvalue weighted by Crippen LogP contribution is 2.38. The van der Waals surface area contributed by atoms with Gasteiger partial charge in [0.15, 0.2) is 5.79 Å². The van der Waals surface area contributed by atoms with Crippen LogP contribution in [0, 0.1) is 5.92 Å². The number of aliphatic hydroxyl groups excluding tert-OH is 1. The molecule has 2 saturated heterocycles. The molecule has 1 amide bonds. The summed E-state index contributed by atoms with van der Waals surface area (Å²) < 4.78 is 22.5. The minimum atomic E-state index is -1.53. The van der Waals surface area contributed by atoms with Gasteiger partial charge in [0, 0.05) is 26.5 Å². The summed E-state index contributed by atoms with van der Waals surface area (Å²) in [6.45, 7) is 10.7. The van der Waals surface area contributed by atoms with Crippen molar-refractivity contribution in [3.05, 3.63) is 36.0 Å². The van der Waals surface area contributed by atoms with Crippen LogP contribution in [0.15, 0.2) is 36.0 Å². The number of rotatable bonds is 10. The first-order valence-corrected chi connectivity index (χ1v) is 13.6. The molecule has 0 saturated carbocycles. The molecule has 0 bridgehead atoms. The number of halogens is 1. The van der Waals surface area contributed by atoms with Gasteiger partial charge >= 0.3 is 5.97 Å². The zero-order valence-electron chi connectivity index (χ0n) is 23.5. The van der Waals surface area contributed by atoms with Crippen LogP contribution >= 0.6 is 11.6 Å². The van der Waals surface area contributed by atoms with Gasteiger partial charge in [-0.15, -0.1) is 11.6 Å². The van der Waals surface area contributed by atoms with Crippen LogP contribution in [0.1, 0.15) is 60.8 Å². The van der Waals surface area contributed by atoms with E-state index in [1.54, 1.807) is 26.0 Å². The summed E-state index contributed by atoms with van der Waals surface area (Å²) in [5.41, 5.74) is -0.577. The van der Waals surface area contributed by atoms with E-state index in [0.29, 0.717) is 6.42 Å². The third-order valence-electron chi connectivity index (χ3n) is 7.17. The van der Waals surface area contributed by atoms with E-state index >= 15 is 0 Å². The molecular formula is C28H44ClNO8. The number of allylic oxidation sites excluding steroid dienone is 2. The van der Waals surface area contributed by atoms with Crippen molar-refractivity contribution in [2.24, 2.45) is 5.92 Å². The van der Waals surface area contributed by atoms with Crippen molar-refractivity contribution in [3.63, 3.8) is 0 Å². The molecular weight excluding hydrogens is 514 g/mol. The van der Waals surface area contributed by atoms with Crippen LogP contribution in [0.3, 0.4) is 0 Å². The first-order chi connectivity index (χ1) is 17.7. The number of carbonyl (C=O) groups excluding carboxylic acids is 2. The van der Waals surface area contributed by atoms with Gasteiger partial charge < -0.3 is 34.5 Å². The van der Waals surface area contributed by atoms with Crippen LogP contribution < -0.4 is 5.32 Å². The van der Waals surface area contributed by atoms with Gasteiger partial charge in [0.1, 0.15) is 23.9 Å². The minimum Gasteiger partial charge on any atom is -0.459 e. The number of methoxy groups -OCH3 is 1. The summed E-state index contributed by atoms with van der Waals surface area (Å²) >= 11 is 5.96. The van der Waals surface area contributed by atoms with E-state index < -0.39 is 35.7 Å². The van der Waals surface area contributed by atoms with E-state index in [0.717, 1.165) is 12.0 Å². The Morgan fingerprint density at radius 1 is 1.26 bits per heavy atom. The summed E-state index contributed by atoms with van der Waals surface area (Å²) in [5, 5.41) is 24.4. The number of amides is 1. The number of hydrogen-bond acceptors (Lipinski definition) is 8. The number of nitrogens with one attached hydrogen (secondary N) is 1. The first-order valence-electron chi connectivity index (χ1n) is 13.1. The summed E-state index contributed by atoms with van der Waals surface area (Å²) in [4.78, 5) is 23.3. The van der Waals surface area contributed by atoms with Gasteiger partial charge in [-0.05, 0) is 52.5 Å². The summed E-state index contributed by atoms with van der Waals surface area (Å²) in [6.07, 6.45) is 7.38. The third kappa shape index (κ3) is 9.17. The lowest BCUT2D eigenvalue weighted by molar-refractivity contribution is -0.311. The molecule has 9 atom stereocenters. The van der Waals surface area contributed by atoms with Crippen molar-refractivity contribution in [2.45, 2.75) is 109 Å². The number of aliphatic hydroxyl groups is 2. The zero-order valence-corrected chi connectivity index (χ0v) is 24.2. The molecule has 2 rings (SSSR count). The van der Waals surface area contributed by atoms with E-state index in [1.807, 2.05) is 19.9 Å². The molecule has 10 heteroatoms. The van der Waals surface area contributed by atoms with Gasteiger partial charge in [-0.3, -0.25) is 9.59 Å². The topological polar surface area (TPSA) is 124 Å². The molecule has 216 valence electrons. The summed E-state index contributed by atoms with van der Waals surface area (Å²) in [7, 11) is 1.49. The SMILES string of the molecule is COC1(C)CC(O)(CCl)C(O)C(/C=C/C(C)=C/CC2OC(C)C(NC(=O)/C=C\C(C)OC(C)=O)CC2C)O1. The standard InChI is InChI=1S/C28H44ClNO8/c1-17(9-12-24-26(33)28(34,16-29)15-27(6,35-7)38-24)8-11-23-18(2)14-22(20(4)37-23)30-25(32)13-10-19(3)36-21(5)31/h8-10,12-13,18-20,22-24,26,33-34H,11,14-16H2,1-7H3,(H,30,32)/b12-9+,13-10-,17-8+. The Bertz CT molecular complexity index is 907. The van der Waals surface area contributed by atoms with Crippen LogP contribution in [0.4, 0.5) is 0 Å². The number of alkyl halides is 1. The van der Waals surface area contributed by atoms with Crippen LogP contribution in [-0.2, 0) is 28.5 Å². The molecule has 2 aliphatic heterocycles. The molecule has 0 aliphatic carbocycles. The molecule has 2 heterocycles. The third-order valence-corrected chi connectivity index (χ3v) is 7.64. The van der Waals surface area contributed by atoms with E-state index in [9.17, 15) is 19.8 Å². The van der Waals surface area contributed by atoms with Crippen molar-refractivity contribution in [2.75, 3.05) is 13.0 Å². The predicted molar refractivity (Wildman–Crippen MR) is 145 cm³/mol. The Hall–Kier alpha value is -1.75. The summed E-state index contributed by atoms with van der Waals surface area (Å²) in [6, 6.07) is -0.131. The van der Waals surface area contributed by atoms with Crippen LogP contribution in [-0.4, -0.2) is 83.0 Å². The minimum absolute atomic E-state index is 0.0179. The normalized spacial score (nSPS) is 37.4. The van der Waals surface area contributed by atoms with E-state index in [1.165, 1.54) is 20.1 Å².